The van der Waals surface area contributed by atoms with Crippen LogP contribution in [0.3, 0.4) is 0 Å². The molecule has 0 bridgehead atoms. The number of hydrogen-bond donors (Lipinski definition) is 0. The molecule has 15 heavy (non-hydrogen) atoms. The summed E-state index contributed by atoms with van der Waals surface area (Å²) in [5.41, 5.74) is 4.30. The van der Waals surface area contributed by atoms with Gasteiger partial charge in [0.2, 0.25) is 0 Å². The van der Waals surface area contributed by atoms with Gasteiger partial charge in [-0.2, -0.15) is 0 Å². The molecule has 0 saturated carbocycles. The van der Waals surface area contributed by atoms with Gasteiger partial charge < -0.3 is 0 Å². The molecule has 2 aromatic rings. The first-order chi connectivity index (χ1) is 7.25. The van der Waals surface area contributed by atoms with Gasteiger partial charge in [0.05, 0.1) is 0 Å². The molecule has 0 fully saturated rings. The lowest BCUT2D eigenvalue weighted by Gasteiger charge is -2.07. The highest BCUT2D eigenvalue weighted by Gasteiger charge is 2.14. The largest absolute Gasteiger partial charge is 0.0683 e. The SMILES string of the molecule is CC1=Cc2cc(Br)c3ccccc3c2C1. The highest BCUT2D eigenvalue weighted by Crippen LogP contribution is 2.35. The molecule has 0 heterocycles. The number of fused-ring (bicyclic) bond motifs is 3. The molecule has 0 saturated heterocycles. The topological polar surface area (TPSA) is 0 Å². The minimum atomic E-state index is 1.10. The molecule has 0 nitrogen and oxygen atoms in total. The molecule has 1 aliphatic rings. The lowest BCUT2D eigenvalue weighted by atomic mass is 10.0. The normalized spacial score (nSPS) is 14.1. The Kier molecular flexibility index (Phi) is 1.96. The Bertz CT molecular complexity index is 579. The van der Waals surface area contributed by atoms with Crippen molar-refractivity contribution < 1.29 is 0 Å². The molecule has 0 radical (unpaired) electrons. The van der Waals surface area contributed by atoms with Crippen LogP contribution in [-0.4, -0.2) is 0 Å². The number of halogens is 1. The molecule has 0 aliphatic heterocycles. The van der Waals surface area contributed by atoms with E-state index in [0.29, 0.717) is 0 Å². The van der Waals surface area contributed by atoms with Gasteiger partial charge in [0.25, 0.3) is 0 Å². The smallest absolute Gasteiger partial charge is 0.0259 e. The van der Waals surface area contributed by atoms with Crippen LogP contribution >= 0.6 is 15.9 Å². The summed E-state index contributed by atoms with van der Waals surface area (Å²) in [7, 11) is 0. The Hall–Kier alpha value is -1.08. The van der Waals surface area contributed by atoms with Crippen LogP contribution in [-0.2, 0) is 6.42 Å². The Morgan fingerprint density at radius 2 is 1.87 bits per heavy atom. The van der Waals surface area contributed by atoms with E-state index < -0.39 is 0 Å². The van der Waals surface area contributed by atoms with E-state index in [1.54, 1.807) is 0 Å². The highest BCUT2D eigenvalue weighted by molar-refractivity contribution is 9.10. The molecule has 0 N–H and O–H groups in total. The van der Waals surface area contributed by atoms with Crippen molar-refractivity contribution in [3.8, 4) is 0 Å². The Balaban J connectivity index is 2.43. The van der Waals surface area contributed by atoms with E-state index in [2.05, 4.69) is 59.3 Å². The lowest BCUT2D eigenvalue weighted by Crippen LogP contribution is -1.87. The summed E-state index contributed by atoms with van der Waals surface area (Å²) >= 11 is 3.64. The van der Waals surface area contributed by atoms with Crippen LogP contribution in [0.5, 0.6) is 0 Å². The maximum Gasteiger partial charge on any atom is 0.0259 e. The van der Waals surface area contributed by atoms with Crippen molar-refractivity contribution in [1.29, 1.82) is 0 Å². The van der Waals surface area contributed by atoms with Crippen molar-refractivity contribution in [3.05, 3.63) is 51.5 Å². The molecular formula is C14H11Br. The zero-order valence-corrected chi connectivity index (χ0v) is 10.1. The lowest BCUT2D eigenvalue weighted by molar-refractivity contribution is 1.21. The second kappa shape index (κ2) is 3.21. The molecule has 1 heteroatoms. The average molecular weight is 259 g/mol. The van der Waals surface area contributed by atoms with E-state index in [0.717, 1.165) is 6.42 Å². The average Bonchev–Trinajstić information content (AvgIpc) is 2.59. The van der Waals surface area contributed by atoms with Gasteiger partial charge in [-0.25, -0.2) is 0 Å². The summed E-state index contributed by atoms with van der Waals surface area (Å²) in [6, 6.07) is 10.8. The van der Waals surface area contributed by atoms with Crippen LogP contribution in [0.25, 0.3) is 16.8 Å². The van der Waals surface area contributed by atoms with E-state index in [-0.39, 0.29) is 0 Å². The van der Waals surface area contributed by atoms with Gasteiger partial charge in [-0.1, -0.05) is 51.8 Å². The van der Waals surface area contributed by atoms with Gasteiger partial charge >= 0.3 is 0 Å². The van der Waals surface area contributed by atoms with E-state index in [1.807, 2.05) is 0 Å². The molecule has 0 amide bonds. The summed E-state index contributed by atoms with van der Waals surface area (Å²) in [6.07, 6.45) is 3.38. The third-order valence-electron chi connectivity index (χ3n) is 3.00. The Labute approximate surface area is 97.7 Å². The fourth-order valence-electron chi connectivity index (χ4n) is 2.33. The van der Waals surface area contributed by atoms with Crippen LogP contribution in [0.15, 0.2) is 40.4 Å². The summed E-state index contributed by atoms with van der Waals surface area (Å²) in [6.45, 7) is 2.20. The molecule has 0 unspecified atom stereocenters. The van der Waals surface area contributed by atoms with Crippen molar-refractivity contribution in [3.63, 3.8) is 0 Å². The molecule has 0 atom stereocenters. The minimum absolute atomic E-state index is 1.10. The first kappa shape index (κ1) is 9.17. The second-order valence-corrected chi connectivity index (χ2v) is 4.99. The van der Waals surface area contributed by atoms with E-state index in [9.17, 15) is 0 Å². The van der Waals surface area contributed by atoms with Crippen LogP contribution in [0.1, 0.15) is 18.1 Å². The zero-order chi connectivity index (χ0) is 10.4. The summed E-state index contributed by atoms with van der Waals surface area (Å²) < 4.78 is 1.20. The molecule has 0 spiro atoms. The van der Waals surface area contributed by atoms with Crippen LogP contribution in [0.4, 0.5) is 0 Å². The number of benzene rings is 2. The fourth-order valence-corrected chi connectivity index (χ4v) is 2.93. The van der Waals surface area contributed by atoms with E-state index in [4.69, 9.17) is 0 Å². The first-order valence-electron chi connectivity index (χ1n) is 5.13. The summed E-state index contributed by atoms with van der Waals surface area (Å²) in [5.74, 6) is 0. The van der Waals surface area contributed by atoms with Crippen molar-refractivity contribution >= 4 is 32.8 Å². The Morgan fingerprint density at radius 3 is 2.67 bits per heavy atom. The standard InChI is InChI=1S/C14H11Br/c1-9-6-10-8-14(15)12-5-3-2-4-11(12)13(10)7-9/h2-6,8H,7H2,1H3. The van der Waals surface area contributed by atoms with Crippen molar-refractivity contribution in [2.24, 2.45) is 0 Å². The molecule has 74 valence electrons. The van der Waals surface area contributed by atoms with Crippen LogP contribution in [0.2, 0.25) is 0 Å². The number of rotatable bonds is 0. The third-order valence-corrected chi connectivity index (χ3v) is 3.65. The number of hydrogen-bond acceptors (Lipinski definition) is 0. The van der Waals surface area contributed by atoms with Crippen molar-refractivity contribution in [2.45, 2.75) is 13.3 Å². The van der Waals surface area contributed by atoms with Gasteiger partial charge in [-0.3, -0.25) is 0 Å². The quantitative estimate of drug-likeness (QED) is 0.650. The van der Waals surface area contributed by atoms with Gasteiger partial charge in [0.1, 0.15) is 0 Å². The first-order valence-corrected chi connectivity index (χ1v) is 5.92. The minimum Gasteiger partial charge on any atom is -0.0683 e. The maximum absolute atomic E-state index is 3.64. The molecular weight excluding hydrogens is 248 g/mol. The maximum atomic E-state index is 3.64. The van der Waals surface area contributed by atoms with Crippen LogP contribution < -0.4 is 0 Å². The van der Waals surface area contributed by atoms with Crippen molar-refractivity contribution in [1.82, 2.24) is 0 Å². The molecule has 2 aromatic carbocycles. The highest BCUT2D eigenvalue weighted by atomic mass is 79.9. The van der Waals surface area contributed by atoms with Gasteiger partial charge in [0, 0.05) is 4.47 Å². The summed E-state index contributed by atoms with van der Waals surface area (Å²) in [4.78, 5) is 0. The third kappa shape index (κ3) is 1.34. The van der Waals surface area contributed by atoms with E-state index >= 15 is 0 Å². The number of allylic oxidation sites excluding steroid dienone is 1. The predicted molar refractivity (Wildman–Crippen MR) is 69.0 cm³/mol. The zero-order valence-electron chi connectivity index (χ0n) is 8.55. The fraction of sp³-hybridized carbons (Fsp3) is 0.143. The monoisotopic (exact) mass is 258 g/mol. The second-order valence-electron chi connectivity index (χ2n) is 4.14. The van der Waals surface area contributed by atoms with Crippen molar-refractivity contribution in [2.75, 3.05) is 0 Å². The predicted octanol–water partition coefficient (Wildman–Crippen LogP) is 4.56. The summed E-state index contributed by atoms with van der Waals surface area (Å²) in [5, 5.41) is 2.70. The molecule has 1 aliphatic carbocycles. The van der Waals surface area contributed by atoms with Gasteiger partial charge in [-0.05, 0) is 41.3 Å². The van der Waals surface area contributed by atoms with Crippen LogP contribution in [0, 0.1) is 0 Å². The molecule has 0 aromatic heterocycles. The van der Waals surface area contributed by atoms with E-state index in [1.165, 1.54) is 31.9 Å². The van der Waals surface area contributed by atoms with Gasteiger partial charge in [0.15, 0.2) is 0 Å². The Morgan fingerprint density at radius 1 is 1.13 bits per heavy atom. The van der Waals surface area contributed by atoms with Gasteiger partial charge in [-0.15, -0.1) is 0 Å². The molecule has 3 rings (SSSR count).